The zero-order chi connectivity index (χ0) is 27.6. The van der Waals surface area contributed by atoms with Crippen LogP contribution in [0.25, 0.3) is 22.2 Å². The molecule has 2 aromatic carbocycles. The molecule has 1 aliphatic heterocycles. The third-order valence-electron chi connectivity index (χ3n) is 6.63. The number of halogens is 2. The number of aromatic nitrogens is 2. The van der Waals surface area contributed by atoms with E-state index < -0.39 is 17.7 Å². The molecule has 0 spiro atoms. The van der Waals surface area contributed by atoms with Crippen molar-refractivity contribution in [3.8, 4) is 11.3 Å². The van der Waals surface area contributed by atoms with Crippen LogP contribution in [0.3, 0.4) is 0 Å². The van der Waals surface area contributed by atoms with Gasteiger partial charge in [-0.3, -0.25) is 14.8 Å². The summed E-state index contributed by atoms with van der Waals surface area (Å²) in [5, 5.41) is 8.14. The fourth-order valence-corrected chi connectivity index (χ4v) is 5.05. The molecular weight excluding hydrogens is 553 g/mol. The van der Waals surface area contributed by atoms with E-state index in [1.54, 1.807) is 22.9 Å². The number of amides is 2. The first kappa shape index (κ1) is 28.0. The fourth-order valence-electron chi connectivity index (χ4n) is 4.68. The zero-order valence-electron chi connectivity index (χ0n) is 22.6. The van der Waals surface area contributed by atoms with Crippen molar-refractivity contribution in [1.29, 1.82) is 0 Å². The third kappa shape index (κ3) is 6.53. The molecule has 0 unspecified atom stereocenters. The van der Waals surface area contributed by atoms with Gasteiger partial charge in [0.05, 0.1) is 5.52 Å². The number of H-pyrrole nitrogens is 1. The highest BCUT2D eigenvalue weighted by atomic mass is 79.9. The van der Waals surface area contributed by atoms with Gasteiger partial charge in [-0.25, -0.2) is 9.18 Å². The predicted octanol–water partition coefficient (Wildman–Crippen LogP) is 5.42. The maximum absolute atomic E-state index is 15.1. The van der Waals surface area contributed by atoms with Gasteiger partial charge < -0.3 is 14.5 Å². The van der Waals surface area contributed by atoms with Gasteiger partial charge in [-0.2, -0.15) is 5.10 Å². The van der Waals surface area contributed by atoms with Crippen LogP contribution in [0.2, 0.25) is 0 Å². The molecule has 1 atom stereocenters. The molecule has 38 heavy (non-hydrogen) atoms. The van der Waals surface area contributed by atoms with Gasteiger partial charge in [0.1, 0.15) is 23.2 Å². The smallest absolute Gasteiger partial charge is 0.410 e. The number of nitrogens with zero attached hydrogens (tertiary/aromatic N) is 4. The lowest BCUT2D eigenvalue weighted by Gasteiger charge is -2.30. The molecule has 0 radical (unpaired) electrons. The molecule has 2 amide bonds. The molecule has 204 valence electrons. The zero-order valence-corrected chi connectivity index (χ0v) is 24.1. The Kier molecular flexibility index (Phi) is 8.42. The normalized spacial score (nSPS) is 15.9. The summed E-state index contributed by atoms with van der Waals surface area (Å²) in [6, 6.07) is 10.4. The van der Waals surface area contributed by atoms with E-state index in [9.17, 15) is 9.59 Å². The number of carbonyl (C=O) groups is 2. The van der Waals surface area contributed by atoms with Crippen molar-refractivity contribution in [3.63, 3.8) is 0 Å². The summed E-state index contributed by atoms with van der Waals surface area (Å²) < 4.78 is 21.5. The molecule has 1 N–H and O–H groups in total. The van der Waals surface area contributed by atoms with Crippen molar-refractivity contribution in [3.05, 3.63) is 52.3 Å². The van der Waals surface area contributed by atoms with Gasteiger partial charge >= 0.3 is 6.09 Å². The topological polar surface area (TPSA) is 81.8 Å². The van der Waals surface area contributed by atoms with E-state index in [1.807, 2.05) is 57.0 Å². The first-order chi connectivity index (χ1) is 17.9. The lowest BCUT2D eigenvalue weighted by atomic mass is 10.0. The van der Waals surface area contributed by atoms with Gasteiger partial charge in [0.25, 0.3) is 0 Å². The molecule has 2 heterocycles. The van der Waals surface area contributed by atoms with E-state index in [0.29, 0.717) is 43.9 Å². The van der Waals surface area contributed by atoms with E-state index in [0.717, 1.165) is 27.4 Å². The van der Waals surface area contributed by atoms with Gasteiger partial charge in [-0.15, -0.1) is 0 Å². The fraction of sp³-hybridized carbons (Fsp3) is 0.464. The summed E-state index contributed by atoms with van der Waals surface area (Å²) in [7, 11) is 3.69. The number of ether oxygens (including phenoxy) is 1. The van der Waals surface area contributed by atoms with E-state index in [2.05, 4.69) is 26.1 Å². The van der Waals surface area contributed by atoms with Gasteiger partial charge in [0.2, 0.25) is 5.91 Å². The Balaban J connectivity index is 1.33. The van der Waals surface area contributed by atoms with E-state index in [4.69, 9.17) is 4.74 Å². The molecule has 10 heteroatoms. The molecule has 1 saturated heterocycles. The van der Waals surface area contributed by atoms with Crippen LogP contribution in [0.4, 0.5) is 9.18 Å². The Morgan fingerprint density at radius 3 is 2.66 bits per heavy atom. The quantitative estimate of drug-likeness (QED) is 0.399. The van der Waals surface area contributed by atoms with E-state index in [-0.39, 0.29) is 11.7 Å². The van der Waals surface area contributed by atoms with Crippen molar-refractivity contribution < 1.29 is 18.7 Å². The number of hydrogen-bond donors (Lipinski definition) is 1. The Bertz CT molecular complexity index is 1320. The maximum Gasteiger partial charge on any atom is 0.410 e. The highest BCUT2D eigenvalue weighted by Crippen LogP contribution is 2.30. The minimum Gasteiger partial charge on any atom is -0.444 e. The van der Waals surface area contributed by atoms with Gasteiger partial charge in [0, 0.05) is 48.6 Å². The average Bonchev–Trinajstić information content (AvgIpc) is 3.48. The standard InChI is InChI=1S/C28H35BrFN5O3/c1-28(2,3)38-27(37)35-12-6-7-24(35)26(36)34(5)14-13-33(4)17-18-8-10-20(22(30)15-18)25-21-11-9-19(29)16-23(21)31-32-25/h8-11,15-16,24H,6-7,12-14,17H2,1-5H3,(H,31,32)/t24-/m0/s1. The molecule has 1 aliphatic rings. The van der Waals surface area contributed by atoms with Crippen LogP contribution in [0.15, 0.2) is 40.9 Å². The molecule has 0 saturated carbocycles. The van der Waals surface area contributed by atoms with Gasteiger partial charge in [-0.05, 0) is 76.6 Å². The second-order valence-corrected chi connectivity index (χ2v) is 11.8. The molecule has 3 aromatic rings. The highest BCUT2D eigenvalue weighted by molar-refractivity contribution is 9.10. The summed E-state index contributed by atoms with van der Waals surface area (Å²) in [6.45, 7) is 7.59. The lowest BCUT2D eigenvalue weighted by molar-refractivity contribution is -0.134. The number of aromatic amines is 1. The maximum atomic E-state index is 15.1. The molecule has 0 aliphatic carbocycles. The Morgan fingerprint density at radius 2 is 1.95 bits per heavy atom. The Labute approximate surface area is 231 Å². The molecule has 8 nitrogen and oxygen atoms in total. The average molecular weight is 589 g/mol. The largest absolute Gasteiger partial charge is 0.444 e. The van der Waals surface area contributed by atoms with Crippen LogP contribution in [0.1, 0.15) is 39.2 Å². The Morgan fingerprint density at radius 1 is 1.18 bits per heavy atom. The molecular formula is C28H35BrFN5O3. The van der Waals surface area contributed by atoms with Crippen molar-refractivity contribution in [2.75, 3.05) is 33.7 Å². The van der Waals surface area contributed by atoms with Crippen LogP contribution in [0, 0.1) is 5.82 Å². The second kappa shape index (κ2) is 11.4. The first-order valence-electron chi connectivity index (χ1n) is 12.8. The summed E-state index contributed by atoms with van der Waals surface area (Å²) in [5.41, 5.74) is 2.09. The SMILES string of the molecule is CN(CCN(C)C(=O)[C@@H]1CCCN1C(=O)OC(C)(C)C)Cc1ccc(-c2n[nH]c3cc(Br)ccc23)c(F)c1. The number of carbonyl (C=O) groups excluding carboxylic acids is 2. The number of likely N-dealkylation sites (N-methyl/N-ethyl adjacent to an activating group) is 2. The summed E-state index contributed by atoms with van der Waals surface area (Å²) in [4.78, 5) is 30.9. The molecule has 0 bridgehead atoms. The molecule has 1 aromatic heterocycles. The van der Waals surface area contributed by atoms with Crippen LogP contribution in [0.5, 0.6) is 0 Å². The van der Waals surface area contributed by atoms with Gasteiger partial charge in [0.15, 0.2) is 0 Å². The van der Waals surface area contributed by atoms with Crippen LogP contribution in [-0.2, 0) is 16.1 Å². The van der Waals surface area contributed by atoms with Gasteiger partial charge in [-0.1, -0.05) is 22.0 Å². The summed E-state index contributed by atoms with van der Waals surface area (Å²) in [6.07, 6.45) is 0.961. The number of likely N-dealkylation sites (tertiary alicyclic amines) is 1. The number of hydrogen-bond acceptors (Lipinski definition) is 5. The summed E-state index contributed by atoms with van der Waals surface area (Å²) >= 11 is 3.44. The first-order valence-corrected chi connectivity index (χ1v) is 13.6. The van der Waals surface area contributed by atoms with E-state index >= 15 is 4.39 Å². The number of fused-ring (bicyclic) bond motifs is 1. The minimum absolute atomic E-state index is 0.0876. The predicted molar refractivity (Wildman–Crippen MR) is 149 cm³/mol. The van der Waals surface area contributed by atoms with Crippen molar-refractivity contribution in [2.45, 2.75) is 51.8 Å². The van der Waals surface area contributed by atoms with Crippen molar-refractivity contribution >= 4 is 38.8 Å². The van der Waals surface area contributed by atoms with Crippen LogP contribution < -0.4 is 0 Å². The lowest BCUT2D eigenvalue weighted by Crippen LogP contribution is -2.49. The number of rotatable bonds is 7. The van der Waals surface area contributed by atoms with Crippen molar-refractivity contribution in [1.82, 2.24) is 24.9 Å². The van der Waals surface area contributed by atoms with Crippen LogP contribution in [-0.4, -0.2) is 82.3 Å². The molecule has 1 fully saturated rings. The summed E-state index contributed by atoms with van der Waals surface area (Å²) in [5.74, 6) is -0.418. The highest BCUT2D eigenvalue weighted by Gasteiger charge is 2.37. The second-order valence-electron chi connectivity index (χ2n) is 10.9. The van der Waals surface area contributed by atoms with E-state index in [1.165, 1.54) is 6.07 Å². The Hall–Kier alpha value is -2.98. The third-order valence-corrected chi connectivity index (χ3v) is 7.12. The van der Waals surface area contributed by atoms with Crippen molar-refractivity contribution in [2.24, 2.45) is 0 Å². The number of nitrogens with one attached hydrogen (secondary N) is 1. The monoisotopic (exact) mass is 587 g/mol. The molecule has 4 rings (SSSR count). The minimum atomic E-state index is -0.608. The van der Waals surface area contributed by atoms with Crippen LogP contribution >= 0.6 is 15.9 Å². The number of benzene rings is 2.